The smallest absolute Gasteiger partial charge is 0.272 e. The van der Waals surface area contributed by atoms with Gasteiger partial charge in [0.2, 0.25) is 0 Å². The number of nitrogens with zero attached hydrogens (tertiary/aromatic N) is 3. The zero-order chi connectivity index (χ0) is 19.5. The molecule has 0 bridgehead atoms. The fourth-order valence-electron chi connectivity index (χ4n) is 3.45. The van der Waals surface area contributed by atoms with Crippen LogP contribution in [0.15, 0.2) is 54.6 Å². The van der Waals surface area contributed by atoms with Gasteiger partial charge < -0.3 is 14.5 Å². The summed E-state index contributed by atoms with van der Waals surface area (Å²) in [6.07, 6.45) is 0. The number of amides is 1. The van der Waals surface area contributed by atoms with E-state index in [1.54, 1.807) is 13.2 Å². The molecule has 1 aromatic heterocycles. The third-order valence-corrected chi connectivity index (χ3v) is 5.28. The Morgan fingerprint density at radius 2 is 1.79 bits per heavy atom. The SMILES string of the molecule is COc1ccccc1N1CCN(C(=O)c2cc(-c3ccccc3Cl)n[nH]2)CC1. The molecule has 1 aliphatic heterocycles. The first-order chi connectivity index (χ1) is 13.7. The highest BCUT2D eigenvalue weighted by molar-refractivity contribution is 6.33. The number of carbonyl (C=O) groups is 1. The molecule has 1 saturated heterocycles. The number of H-pyrrole nitrogens is 1. The molecule has 3 aromatic rings. The van der Waals surface area contributed by atoms with Crippen molar-refractivity contribution >= 4 is 23.2 Å². The second kappa shape index (κ2) is 7.94. The van der Waals surface area contributed by atoms with Gasteiger partial charge >= 0.3 is 0 Å². The van der Waals surface area contributed by atoms with Crippen LogP contribution in [-0.2, 0) is 0 Å². The van der Waals surface area contributed by atoms with Crippen LogP contribution in [0.25, 0.3) is 11.3 Å². The Labute approximate surface area is 168 Å². The number of aromatic nitrogens is 2. The van der Waals surface area contributed by atoms with Crippen LogP contribution in [0.3, 0.4) is 0 Å². The van der Waals surface area contributed by atoms with Gasteiger partial charge in [0.1, 0.15) is 11.4 Å². The van der Waals surface area contributed by atoms with E-state index in [1.165, 1.54) is 0 Å². The number of carbonyl (C=O) groups excluding carboxylic acids is 1. The molecule has 0 aliphatic carbocycles. The highest BCUT2D eigenvalue weighted by atomic mass is 35.5. The molecule has 1 aliphatic rings. The average molecular weight is 397 g/mol. The molecule has 0 spiro atoms. The quantitative estimate of drug-likeness (QED) is 0.730. The summed E-state index contributed by atoms with van der Waals surface area (Å²) in [5, 5.41) is 7.73. The molecule has 7 heteroatoms. The van der Waals surface area contributed by atoms with Gasteiger partial charge in [-0.25, -0.2) is 0 Å². The van der Waals surface area contributed by atoms with Crippen molar-refractivity contribution in [2.24, 2.45) is 0 Å². The van der Waals surface area contributed by atoms with Gasteiger partial charge in [0.15, 0.2) is 0 Å². The van der Waals surface area contributed by atoms with Crippen LogP contribution in [-0.4, -0.2) is 54.3 Å². The Hall–Kier alpha value is -2.99. The minimum atomic E-state index is -0.0505. The summed E-state index contributed by atoms with van der Waals surface area (Å²) in [5.41, 5.74) is 3.00. The standard InChI is InChI=1S/C21H21ClN4O2/c1-28-20-9-5-4-8-19(20)25-10-12-26(13-11-25)21(27)18-14-17(23-24-18)15-6-2-3-7-16(15)22/h2-9,14H,10-13H2,1H3,(H,23,24). The summed E-state index contributed by atoms with van der Waals surface area (Å²) < 4.78 is 5.45. The molecule has 0 radical (unpaired) electrons. The fourth-order valence-corrected chi connectivity index (χ4v) is 3.68. The Balaban J connectivity index is 1.44. The highest BCUT2D eigenvalue weighted by Crippen LogP contribution is 2.29. The van der Waals surface area contributed by atoms with Gasteiger partial charge in [-0.2, -0.15) is 5.10 Å². The Kier molecular flexibility index (Phi) is 5.21. The predicted molar refractivity (Wildman–Crippen MR) is 110 cm³/mol. The van der Waals surface area contributed by atoms with Crippen molar-refractivity contribution < 1.29 is 9.53 Å². The number of rotatable bonds is 4. The minimum Gasteiger partial charge on any atom is -0.495 e. The first-order valence-corrected chi connectivity index (χ1v) is 9.52. The normalized spacial score (nSPS) is 14.2. The van der Waals surface area contributed by atoms with Crippen LogP contribution in [0.1, 0.15) is 10.5 Å². The zero-order valence-corrected chi connectivity index (χ0v) is 16.3. The molecular formula is C21H21ClN4O2. The lowest BCUT2D eigenvalue weighted by Crippen LogP contribution is -2.49. The molecule has 4 rings (SSSR count). The van der Waals surface area contributed by atoms with Gasteiger partial charge in [0.05, 0.1) is 23.5 Å². The fraction of sp³-hybridized carbons (Fsp3) is 0.238. The number of para-hydroxylation sites is 2. The van der Waals surface area contributed by atoms with Crippen molar-refractivity contribution in [3.63, 3.8) is 0 Å². The Morgan fingerprint density at radius 1 is 1.07 bits per heavy atom. The van der Waals surface area contributed by atoms with Gasteiger partial charge in [-0.3, -0.25) is 9.89 Å². The van der Waals surface area contributed by atoms with Crippen molar-refractivity contribution in [2.45, 2.75) is 0 Å². The second-order valence-electron chi connectivity index (χ2n) is 6.60. The monoisotopic (exact) mass is 396 g/mol. The van der Waals surface area contributed by atoms with Crippen LogP contribution in [0, 0.1) is 0 Å². The lowest BCUT2D eigenvalue weighted by molar-refractivity contribution is 0.0740. The summed E-state index contributed by atoms with van der Waals surface area (Å²) >= 11 is 6.23. The number of methoxy groups -OCH3 is 1. The molecule has 2 aromatic carbocycles. The summed E-state index contributed by atoms with van der Waals surface area (Å²) in [6, 6.07) is 17.2. The third kappa shape index (κ3) is 3.55. The molecule has 1 N–H and O–H groups in total. The number of hydrogen-bond acceptors (Lipinski definition) is 4. The van der Waals surface area contributed by atoms with Crippen molar-refractivity contribution in [3.8, 4) is 17.0 Å². The first-order valence-electron chi connectivity index (χ1n) is 9.15. The Bertz CT molecular complexity index is 980. The topological polar surface area (TPSA) is 61.5 Å². The van der Waals surface area contributed by atoms with E-state index in [9.17, 15) is 4.79 Å². The summed E-state index contributed by atoms with van der Waals surface area (Å²) in [7, 11) is 1.67. The van der Waals surface area contributed by atoms with Gasteiger partial charge in [0.25, 0.3) is 5.91 Å². The molecule has 6 nitrogen and oxygen atoms in total. The van der Waals surface area contributed by atoms with Gasteiger partial charge in [-0.1, -0.05) is 41.9 Å². The van der Waals surface area contributed by atoms with E-state index < -0.39 is 0 Å². The molecule has 1 amide bonds. The second-order valence-corrected chi connectivity index (χ2v) is 7.01. The van der Waals surface area contributed by atoms with Crippen molar-refractivity contribution in [2.75, 3.05) is 38.2 Å². The largest absolute Gasteiger partial charge is 0.495 e. The molecular weight excluding hydrogens is 376 g/mol. The van der Waals surface area contributed by atoms with Crippen molar-refractivity contribution in [1.82, 2.24) is 15.1 Å². The lowest BCUT2D eigenvalue weighted by atomic mass is 10.1. The molecule has 144 valence electrons. The molecule has 1 fully saturated rings. The van der Waals surface area contributed by atoms with E-state index in [0.717, 1.165) is 30.1 Å². The maximum Gasteiger partial charge on any atom is 0.272 e. The summed E-state index contributed by atoms with van der Waals surface area (Å²) in [6.45, 7) is 2.77. The lowest BCUT2D eigenvalue weighted by Gasteiger charge is -2.36. The molecule has 0 unspecified atom stereocenters. The number of hydrogen-bond donors (Lipinski definition) is 1. The van der Waals surface area contributed by atoms with Crippen LogP contribution < -0.4 is 9.64 Å². The molecule has 2 heterocycles. The number of nitrogens with one attached hydrogen (secondary N) is 1. The highest BCUT2D eigenvalue weighted by Gasteiger charge is 2.25. The zero-order valence-electron chi connectivity index (χ0n) is 15.6. The van der Waals surface area contributed by atoms with Gasteiger partial charge in [-0.15, -0.1) is 0 Å². The number of aromatic amines is 1. The number of halogens is 1. The van der Waals surface area contributed by atoms with Crippen molar-refractivity contribution in [1.29, 1.82) is 0 Å². The van der Waals surface area contributed by atoms with E-state index in [4.69, 9.17) is 16.3 Å². The molecule has 0 saturated carbocycles. The van der Waals surface area contributed by atoms with E-state index in [2.05, 4.69) is 15.1 Å². The summed E-state index contributed by atoms with van der Waals surface area (Å²) in [4.78, 5) is 17.0. The minimum absolute atomic E-state index is 0.0505. The van der Waals surface area contributed by atoms with E-state index in [-0.39, 0.29) is 5.91 Å². The Morgan fingerprint density at radius 3 is 2.54 bits per heavy atom. The maximum absolute atomic E-state index is 12.9. The van der Waals surface area contributed by atoms with Crippen LogP contribution in [0.2, 0.25) is 5.02 Å². The maximum atomic E-state index is 12.9. The summed E-state index contributed by atoms with van der Waals surface area (Å²) in [5.74, 6) is 0.797. The van der Waals surface area contributed by atoms with Crippen LogP contribution >= 0.6 is 11.6 Å². The van der Waals surface area contributed by atoms with Crippen LogP contribution in [0.4, 0.5) is 5.69 Å². The van der Waals surface area contributed by atoms with E-state index in [0.29, 0.717) is 29.5 Å². The van der Waals surface area contributed by atoms with Gasteiger partial charge in [0, 0.05) is 31.7 Å². The number of anilines is 1. The molecule has 0 atom stereocenters. The predicted octanol–water partition coefficient (Wildman–Crippen LogP) is 3.70. The first kappa shape index (κ1) is 18.4. The van der Waals surface area contributed by atoms with E-state index >= 15 is 0 Å². The van der Waals surface area contributed by atoms with Gasteiger partial charge in [-0.05, 0) is 24.3 Å². The number of piperazine rings is 1. The third-order valence-electron chi connectivity index (χ3n) is 4.95. The number of benzene rings is 2. The van der Waals surface area contributed by atoms with Crippen molar-refractivity contribution in [3.05, 3.63) is 65.3 Å². The molecule has 28 heavy (non-hydrogen) atoms. The number of ether oxygens (including phenoxy) is 1. The van der Waals surface area contributed by atoms with Crippen LogP contribution in [0.5, 0.6) is 5.75 Å². The van der Waals surface area contributed by atoms with E-state index in [1.807, 2.05) is 53.4 Å². The average Bonchev–Trinajstić information content (AvgIpc) is 3.23.